The van der Waals surface area contributed by atoms with E-state index in [4.69, 9.17) is 4.74 Å². The Kier molecular flexibility index (Phi) is 5.77. The molecule has 1 aromatic heterocycles. The van der Waals surface area contributed by atoms with E-state index in [9.17, 15) is 4.79 Å². The van der Waals surface area contributed by atoms with E-state index in [0.29, 0.717) is 0 Å². The van der Waals surface area contributed by atoms with Crippen molar-refractivity contribution in [3.8, 4) is 0 Å². The molecule has 0 bridgehead atoms. The van der Waals surface area contributed by atoms with Crippen LogP contribution in [0.25, 0.3) is 0 Å². The zero-order valence-corrected chi connectivity index (χ0v) is 15.2. The van der Waals surface area contributed by atoms with Crippen LogP contribution < -0.4 is 0 Å². The number of hydrogen-bond acceptors (Lipinski definition) is 3. The average molecular weight is 305 g/mol. The van der Waals surface area contributed by atoms with Crippen LogP contribution in [0.2, 0.25) is 0 Å². The maximum absolute atomic E-state index is 12.4. The van der Waals surface area contributed by atoms with Gasteiger partial charge in [-0.1, -0.05) is 19.9 Å². The van der Waals surface area contributed by atoms with Gasteiger partial charge in [0.15, 0.2) is 0 Å². The van der Waals surface area contributed by atoms with E-state index in [2.05, 4.69) is 24.9 Å². The molecule has 1 atom stereocenters. The molecule has 3 heteroatoms. The van der Waals surface area contributed by atoms with Gasteiger partial charge in [-0.05, 0) is 66.0 Å². The van der Waals surface area contributed by atoms with Gasteiger partial charge in [-0.2, -0.15) is 0 Å². The number of nitrogens with zero attached hydrogens (tertiary/aromatic N) is 1. The van der Waals surface area contributed by atoms with Crippen LogP contribution in [0.1, 0.15) is 73.4 Å². The van der Waals surface area contributed by atoms with Gasteiger partial charge >= 0.3 is 5.97 Å². The molecule has 0 aliphatic heterocycles. The Morgan fingerprint density at radius 2 is 1.73 bits per heavy atom. The van der Waals surface area contributed by atoms with Crippen molar-refractivity contribution < 1.29 is 9.53 Å². The number of carbonyl (C=O) groups is 1. The number of esters is 1. The molecule has 0 radical (unpaired) electrons. The molecule has 1 heterocycles. The summed E-state index contributed by atoms with van der Waals surface area (Å²) < 4.78 is 5.55. The van der Waals surface area contributed by atoms with Gasteiger partial charge in [0.2, 0.25) is 0 Å². The van der Waals surface area contributed by atoms with Crippen LogP contribution in [0, 0.1) is 5.41 Å². The zero-order chi connectivity index (χ0) is 17.0. The number of carbonyl (C=O) groups excluding carboxylic acids is 1. The van der Waals surface area contributed by atoms with Crippen LogP contribution >= 0.6 is 0 Å². The number of ether oxygens (including phenoxy) is 1. The summed E-state index contributed by atoms with van der Waals surface area (Å²) in [7, 11) is 0. The third-order valence-corrected chi connectivity index (χ3v) is 4.32. The molecule has 0 aliphatic rings. The summed E-state index contributed by atoms with van der Waals surface area (Å²) in [6.07, 6.45) is 4.52. The van der Waals surface area contributed by atoms with Gasteiger partial charge < -0.3 is 4.74 Å². The van der Waals surface area contributed by atoms with Crippen molar-refractivity contribution in [3.05, 3.63) is 30.1 Å². The Bertz CT molecular complexity index is 488. The molecular weight excluding hydrogens is 274 g/mol. The highest BCUT2D eigenvalue weighted by Crippen LogP contribution is 2.36. The molecule has 124 valence electrons. The third kappa shape index (κ3) is 5.11. The molecule has 1 aromatic rings. The zero-order valence-electron chi connectivity index (χ0n) is 15.2. The third-order valence-electron chi connectivity index (χ3n) is 4.32. The van der Waals surface area contributed by atoms with E-state index in [-0.39, 0.29) is 11.4 Å². The van der Waals surface area contributed by atoms with Gasteiger partial charge in [-0.25, -0.2) is 0 Å². The second-order valence-corrected chi connectivity index (χ2v) is 8.01. The Hall–Kier alpha value is -1.38. The molecule has 1 unspecified atom stereocenters. The monoisotopic (exact) mass is 305 g/mol. The summed E-state index contributed by atoms with van der Waals surface area (Å²) >= 11 is 0. The van der Waals surface area contributed by atoms with Crippen molar-refractivity contribution >= 4 is 5.97 Å². The first kappa shape index (κ1) is 18.7. The van der Waals surface area contributed by atoms with Crippen molar-refractivity contribution in [2.24, 2.45) is 5.41 Å². The predicted molar refractivity (Wildman–Crippen MR) is 90.7 cm³/mol. The smallest absolute Gasteiger partial charge is 0.312 e. The fourth-order valence-electron chi connectivity index (χ4n) is 2.31. The van der Waals surface area contributed by atoms with Crippen LogP contribution in [0.5, 0.6) is 0 Å². The fraction of sp³-hybridized carbons (Fsp3) is 0.684. The first-order chi connectivity index (χ1) is 10.0. The van der Waals surface area contributed by atoms with Crippen LogP contribution in [0.3, 0.4) is 0 Å². The van der Waals surface area contributed by atoms with E-state index in [1.165, 1.54) is 0 Å². The molecule has 0 saturated carbocycles. The largest absolute Gasteiger partial charge is 0.460 e. The Labute approximate surface area is 135 Å². The minimum absolute atomic E-state index is 0.0134. The summed E-state index contributed by atoms with van der Waals surface area (Å²) in [4.78, 5) is 16.9. The molecule has 0 aromatic carbocycles. The summed E-state index contributed by atoms with van der Waals surface area (Å²) in [5, 5.41) is 0. The summed E-state index contributed by atoms with van der Waals surface area (Å²) in [6.45, 7) is 14.1. The lowest BCUT2D eigenvalue weighted by Crippen LogP contribution is -2.35. The second kappa shape index (κ2) is 6.80. The van der Waals surface area contributed by atoms with E-state index >= 15 is 0 Å². The maximum atomic E-state index is 12.4. The summed E-state index contributed by atoms with van der Waals surface area (Å²) in [6, 6.07) is 6.03. The highest BCUT2D eigenvalue weighted by molar-refractivity contribution is 5.76. The summed E-state index contributed by atoms with van der Waals surface area (Å²) in [5.74, 6) is -0.125. The Morgan fingerprint density at radius 3 is 2.18 bits per heavy atom. The predicted octanol–water partition coefficient (Wildman–Crippen LogP) is 4.90. The first-order valence-corrected chi connectivity index (χ1v) is 8.15. The molecule has 0 aliphatic carbocycles. The van der Waals surface area contributed by atoms with Crippen LogP contribution in [0.15, 0.2) is 24.4 Å². The molecule has 0 N–H and O–H groups in total. The van der Waals surface area contributed by atoms with Crippen molar-refractivity contribution in [1.82, 2.24) is 4.98 Å². The number of aromatic nitrogens is 1. The number of hydrogen-bond donors (Lipinski definition) is 0. The van der Waals surface area contributed by atoms with Crippen molar-refractivity contribution in [3.63, 3.8) is 0 Å². The fourth-order valence-corrected chi connectivity index (χ4v) is 2.31. The molecule has 0 spiro atoms. The van der Waals surface area contributed by atoms with Gasteiger partial charge in [0.05, 0.1) is 5.41 Å². The molecular formula is C19H31NO2. The van der Waals surface area contributed by atoms with Gasteiger partial charge in [0.25, 0.3) is 0 Å². The minimum atomic E-state index is -0.488. The topological polar surface area (TPSA) is 39.2 Å². The maximum Gasteiger partial charge on any atom is 0.312 e. The van der Waals surface area contributed by atoms with Crippen molar-refractivity contribution in [1.29, 1.82) is 0 Å². The highest BCUT2D eigenvalue weighted by Gasteiger charge is 2.36. The molecule has 1 rings (SSSR count). The molecule has 0 amide bonds. The SMILES string of the molecule is CCC(C)(CCC(C)(C)C(=O)OC(C)(C)C)c1ccccn1. The van der Waals surface area contributed by atoms with Gasteiger partial charge in [0, 0.05) is 17.3 Å². The van der Waals surface area contributed by atoms with Crippen molar-refractivity contribution in [2.75, 3.05) is 0 Å². The van der Waals surface area contributed by atoms with Crippen molar-refractivity contribution in [2.45, 2.75) is 78.7 Å². The second-order valence-electron chi connectivity index (χ2n) is 8.01. The summed E-state index contributed by atoms with van der Waals surface area (Å²) in [5.41, 5.74) is 0.153. The van der Waals surface area contributed by atoms with Crippen LogP contribution in [-0.2, 0) is 14.9 Å². The number of pyridine rings is 1. The minimum Gasteiger partial charge on any atom is -0.460 e. The molecule has 0 fully saturated rings. The highest BCUT2D eigenvalue weighted by atomic mass is 16.6. The van der Waals surface area contributed by atoms with Gasteiger partial charge in [-0.15, -0.1) is 0 Å². The normalized spacial score (nSPS) is 15.2. The van der Waals surface area contributed by atoms with Gasteiger partial charge in [-0.3, -0.25) is 9.78 Å². The lowest BCUT2D eigenvalue weighted by molar-refractivity contribution is -0.166. The van der Waals surface area contributed by atoms with E-state index in [1.54, 1.807) is 0 Å². The van der Waals surface area contributed by atoms with E-state index < -0.39 is 11.0 Å². The molecule has 22 heavy (non-hydrogen) atoms. The van der Waals surface area contributed by atoms with E-state index in [0.717, 1.165) is 25.0 Å². The van der Waals surface area contributed by atoms with E-state index in [1.807, 2.05) is 52.9 Å². The Balaban J connectivity index is 2.79. The lowest BCUT2D eigenvalue weighted by Gasteiger charge is -2.33. The van der Waals surface area contributed by atoms with Gasteiger partial charge in [0.1, 0.15) is 5.60 Å². The average Bonchev–Trinajstić information content (AvgIpc) is 2.44. The lowest BCUT2D eigenvalue weighted by atomic mass is 9.74. The number of rotatable bonds is 6. The van der Waals surface area contributed by atoms with Crippen LogP contribution in [-0.4, -0.2) is 16.6 Å². The molecule has 0 saturated heterocycles. The van der Waals surface area contributed by atoms with Crippen LogP contribution in [0.4, 0.5) is 0 Å². The standard InChI is InChI=1S/C19H31NO2/c1-8-19(7,15-11-9-10-14-20-15)13-12-18(5,6)16(21)22-17(2,3)4/h9-11,14H,8,12-13H2,1-7H3. The Morgan fingerprint density at radius 1 is 1.09 bits per heavy atom. The quantitative estimate of drug-likeness (QED) is 0.702. The molecule has 3 nitrogen and oxygen atoms in total. The first-order valence-electron chi connectivity index (χ1n) is 8.15.